The van der Waals surface area contributed by atoms with E-state index in [2.05, 4.69) is 12.2 Å². The first-order valence-electron chi connectivity index (χ1n) is 5.75. The number of unbranched alkanes of at least 4 members (excludes halogenated alkanes) is 3. The second kappa shape index (κ2) is 7.06. The fourth-order valence-electron chi connectivity index (χ4n) is 1.47. The summed E-state index contributed by atoms with van der Waals surface area (Å²) in [6.45, 7) is 3.73. The molecule has 0 aromatic carbocycles. The van der Waals surface area contributed by atoms with E-state index in [0.29, 0.717) is 12.3 Å². The van der Waals surface area contributed by atoms with Crippen molar-refractivity contribution in [2.75, 3.05) is 6.54 Å². The normalized spacial score (nSPS) is 10.6. The summed E-state index contributed by atoms with van der Waals surface area (Å²) in [5.41, 5.74) is 0.211. The van der Waals surface area contributed by atoms with Crippen LogP contribution in [0.2, 0.25) is 0 Å². The Kier molecular flexibility index (Phi) is 5.64. The molecule has 4 nitrogen and oxygen atoms in total. The highest BCUT2D eigenvalue weighted by molar-refractivity contribution is 5.87. The van der Waals surface area contributed by atoms with Crippen LogP contribution >= 0.6 is 0 Å². The Morgan fingerprint density at radius 1 is 1.44 bits per heavy atom. The molecule has 0 fully saturated rings. The third-order valence-corrected chi connectivity index (χ3v) is 2.41. The van der Waals surface area contributed by atoms with Crippen molar-refractivity contribution in [3.63, 3.8) is 0 Å². The van der Waals surface area contributed by atoms with Crippen molar-refractivity contribution < 1.29 is 14.3 Å². The molecule has 0 amide bonds. The molecule has 0 saturated heterocycles. The highest BCUT2D eigenvalue weighted by Crippen LogP contribution is 2.07. The van der Waals surface area contributed by atoms with Crippen LogP contribution in [0.5, 0.6) is 0 Å². The van der Waals surface area contributed by atoms with Gasteiger partial charge in [0.2, 0.25) is 0 Å². The van der Waals surface area contributed by atoms with Crippen molar-refractivity contribution in [2.45, 2.75) is 39.2 Å². The maximum Gasteiger partial charge on any atom is 0.338 e. The molecule has 1 aromatic rings. The summed E-state index contributed by atoms with van der Waals surface area (Å²) in [6, 6.07) is 1.56. The number of rotatable bonds is 8. The van der Waals surface area contributed by atoms with Crippen LogP contribution in [-0.2, 0) is 6.54 Å². The molecule has 2 N–H and O–H groups in total. The number of carboxylic acids is 1. The van der Waals surface area contributed by atoms with Crippen LogP contribution in [0.15, 0.2) is 16.7 Å². The fraction of sp³-hybridized carbons (Fsp3) is 0.583. The van der Waals surface area contributed by atoms with E-state index in [1.165, 1.54) is 25.5 Å². The predicted molar refractivity (Wildman–Crippen MR) is 61.5 cm³/mol. The highest BCUT2D eigenvalue weighted by atomic mass is 16.4. The zero-order chi connectivity index (χ0) is 11.8. The SMILES string of the molecule is CCCCCCNCc1cc(C(=O)O)co1. The Labute approximate surface area is 95.7 Å². The van der Waals surface area contributed by atoms with Gasteiger partial charge in [-0.25, -0.2) is 4.79 Å². The second-order valence-electron chi connectivity index (χ2n) is 3.84. The van der Waals surface area contributed by atoms with Gasteiger partial charge in [-0.3, -0.25) is 0 Å². The highest BCUT2D eigenvalue weighted by Gasteiger charge is 2.07. The lowest BCUT2D eigenvalue weighted by molar-refractivity contribution is 0.0696. The summed E-state index contributed by atoms with van der Waals surface area (Å²) in [6.07, 6.45) is 6.17. The van der Waals surface area contributed by atoms with E-state index < -0.39 is 5.97 Å². The average Bonchev–Trinajstić information content (AvgIpc) is 2.72. The summed E-state index contributed by atoms with van der Waals surface area (Å²) < 4.78 is 5.11. The van der Waals surface area contributed by atoms with E-state index in [1.54, 1.807) is 6.07 Å². The van der Waals surface area contributed by atoms with E-state index in [1.807, 2.05) is 0 Å². The van der Waals surface area contributed by atoms with Crippen LogP contribution < -0.4 is 5.32 Å². The van der Waals surface area contributed by atoms with Crippen LogP contribution in [0.1, 0.15) is 48.7 Å². The van der Waals surface area contributed by atoms with Crippen molar-refractivity contribution in [2.24, 2.45) is 0 Å². The molecule has 0 unspecified atom stereocenters. The Morgan fingerprint density at radius 3 is 2.88 bits per heavy atom. The number of carboxylic acid groups (broad SMARTS) is 1. The summed E-state index contributed by atoms with van der Waals surface area (Å²) in [5.74, 6) is -0.272. The molecule has 0 radical (unpaired) electrons. The minimum atomic E-state index is -0.946. The van der Waals surface area contributed by atoms with E-state index in [-0.39, 0.29) is 5.56 Å². The van der Waals surface area contributed by atoms with Crippen LogP contribution in [0.4, 0.5) is 0 Å². The van der Waals surface area contributed by atoms with Crippen molar-refractivity contribution in [1.29, 1.82) is 0 Å². The van der Waals surface area contributed by atoms with Gasteiger partial charge >= 0.3 is 5.97 Å². The Bertz CT molecular complexity index is 320. The topological polar surface area (TPSA) is 62.5 Å². The van der Waals surface area contributed by atoms with Gasteiger partial charge in [-0.1, -0.05) is 26.2 Å². The third kappa shape index (κ3) is 4.49. The molecule has 0 saturated carbocycles. The molecule has 1 heterocycles. The molecule has 90 valence electrons. The molecule has 4 heteroatoms. The summed E-state index contributed by atoms with van der Waals surface area (Å²) in [4.78, 5) is 10.6. The maximum absolute atomic E-state index is 10.6. The first-order valence-corrected chi connectivity index (χ1v) is 5.75. The van der Waals surface area contributed by atoms with E-state index in [9.17, 15) is 4.79 Å². The lowest BCUT2D eigenvalue weighted by Crippen LogP contribution is -2.14. The van der Waals surface area contributed by atoms with Crippen LogP contribution in [0.25, 0.3) is 0 Å². The predicted octanol–water partition coefficient (Wildman–Crippen LogP) is 2.65. The van der Waals surface area contributed by atoms with Crippen LogP contribution in [0.3, 0.4) is 0 Å². The first-order chi connectivity index (χ1) is 7.74. The first kappa shape index (κ1) is 12.8. The molecule has 0 aliphatic carbocycles. The zero-order valence-corrected chi connectivity index (χ0v) is 9.66. The Morgan fingerprint density at radius 2 is 2.25 bits per heavy atom. The number of carbonyl (C=O) groups is 1. The minimum Gasteiger partial charge on any atom is -0.478 e. The third-order valence-electron chi connectivity index (χ3n) is 2.41. The zero-order valence-electron chi connectivity index (χ0n) is 9.66. The summed E-state index contributed by atoms with van der Waals surface area (Å²) in [7, 11) is 0. The van der Waals surface area contributed by atoms with Crippen LogP contribution in [0, 0.1) is 0 Å². The van der Waals surface area contributed by atoms with Gasteiger partial charge in [0.05, 0.1) is 12.1 Å². The van der Waals surface area contributed by atoms with Crippen molar-refractivity contribution in [3.8, 4) is 0 Å². The quantitative estimate of drug-likeness (QED) is 0.668. The van der Waals surface area contributed by atoms with Gasteiger partial charge in [0.25, 0.3) is 0 Å². The Hall–Kier alpha value is -1.29. The van der Waals surface area contributed by atoms with Gasteiger partial charge in [0.15, 0.2) is 0 Å². The van der Waals surface area contributed by atoms with Crippen molar-refractivity contribution in [1.82, 2.24) is 5.32 Å². The molecule has 0 aliphatic heterocycles. The molecular weight excluding hydrogens is 206 g/mol. The van der Waals surface area contributed by atoms with E-state index >= 15 is 0 Å². The van der Waals surface area contributed by atoms with E-state index in [4.69, 9.17) is 9.52 Å². The maximum atomic E-state index is 10.6. The van der Waals surface area contributed by atoms with Gasteiger partial charge in [-0.15, -0.1) is 0 Å². The molecule has 16 heavy (non-hydrogen) atoms. The second-order valence-corrected chi connectivity index (χ2v) is 3.84. The fourth-order valence-corrected chi connectivity index (χ4v) is 1.47. The number of hydrogen-bond donors (Lipinski definition) is 2. The lowest BCUT2D eigenvalue weighted by Gasteiger charge is -2.01. The largest absolute Gasteiger partial charge is 0.478 e. The molecule has 1 aromatic heterocycles. The monoisotopic (exact) mass is 225 g/mol. The van der Waals surface area contributed by atoms with Gasteiger partial charge < -0.3 is 14.8 Å². The standard InChI is InChI=1S/C12H19NO3/c1-2-3-4-5-6-13-8-11-7-10(9-16-11)12(14)15/h7,9,13H,2-6,8H2,1H3,(H,14,15). The minimum absolute atomic E-state index is 0.211. The van der Waals surface area contributed by atoms with Crippen molar-refractivity contribution in [3.05, 3.63) is 23.7 Å². The van der Waals surface area contributed by atoms with Gasteiger partial charge in [0.1, 0.15) is 12.0 Å². The molecular formula is C12H19NO3. The molecule has 0 atom stereocenters. The number of nitrogens with one attached hydrogen (secondary N) is 1. The average molecular weight is 225 g/mol. The van der Waals surface area contributed by atoms with E-state index in [0.717, 1.165) is 13.0 Å². The molecule has 1 rings (SSSR count). The Balaban J connectivity index is 2.14. The smallest absolute Gasteiger partial charge is 0.338 e. The number of hydrogen-bond acceptors (Lipinski definition) is 3. The van der Waals surface area contributed by atoms with Crippen LogP contribution in [-0.4, -0.2) is 17.6 Å². The molecule has 0 bridgehead atoms. The lowest BCUT2D eigenvalue weighted by atomic mass is 10.2. The van der Waals surface area contributed by atoms with Gasteiger partial charge in [0, 0.05) is 0 Å². The van der Waals surface area contributed by atoms with Crippen molar-refractivity contribution >= 4 is 5.97 Å². The summed E-state index contributed by atoms with van der Waals surface area (Å²) >= 11 is 0. The molecule has 0 aliphatic rings. The molecule has 0 spiro atoms. The summed E-state index contributed by atoms with van der Waals surface area (Å²) in [5, 5.41) is 11.9. The number of aromatic carboxylic acids is 1. The number of furan rings is 1. The van der Waals surface area contributed by atoms with Gasteiger partial charge in [-0.05, 0) is 19.0 Å². The van der Waals surface area contributed by atoms with Gasteiger partial charge in [-0.2, -0.15) is 0 Å².